The number of nitrogens with one attached hydrogen (secondary N) is 1. The molecule has 112 valence electrons. The summed E-state index contributed by atoms with van der Waals surface area (Å²) in [6.07, 6.45) is 1.68. The molecule has 21 heavy (non-hydrogen) atoms. The fourth-order valence-electron chi connectivity index (χ4n) is 2.41. The van der Waals surface area contributed by atoms with E-state index >= 15 is 0 Å². The fraction of sp³-hybridized carbons (Fsp3) is 0.538. The minimum absolute atomic E-state index is 0.177. The van der Waals surface area contributed by atoms with Crippen LogP contribution in [0.5, 0.6) is 0 Å². The van der Waals surface area contributed by atoms with Gasteiger partial charge in [0.25, 0.3) is 0 Å². The van der Waals surface area contributed by atoms with Crippen LogP contribution in [-0.2, 0) is 17.8 Å². The first-order valence-electron chi connectivity index (χ1n) is 6.59. The van der Waals surface area contributed by atoms with Gasteiger partial charge >= 0.3 is 12.0 Å². The second-order valence-corrected chi connectivity index (χ2v) is 5.21. The highest BCUT2D eigenvalue weighted by atomic mass is 16.4. The molecule has 2 amide bonds. The summed E-state index contributed by atoms with van der Waals surface area (Å²) in [5, 5.41) is 18.1. The minimum Gasteiger partial charge on any atom is -0.480 e. The molecular weight excluding hydrogens is 274 g/mol. The van der Waals surface area contributed by atoms with Gasteiger partial charge in [0.15, 0.2) is 0 Å². The Morgan fingerprint density at radius 3 is 3.05 bits per heavy atom. The molecule has 0 fully saturated rings. The van der Waals surface area contributed by atoms with Crippen LogP contribution in [0.3, 0.4) is 0 Å². The predicted octanol–water partition coefficient (Wildman–Crippen LogP) is 0.432. The number of urea groups is 1. The lowest BCUT2D eigenvalue weighted by molar-refractivity contribution is -0.142. The van der Waals surface area contributed by atoms with Crippen LogP contribution >= 0.6 is 0 Å². The summed E-state index contributed by atoms with van der Waals surface area (Å²) in [6.45, 7) is 2.14. The van der Waals surface area contributed by atoms with Crippen LogP contribution in [0.4, 0.5) is 4.79 Å². The number of carboxylic acid groups (broad SMARTS) is 1. The first-order chi connectivity index (χ1) is 9.93. The van der Waals surface area contributed by atoms with E-state index in [0.29, 0.717) is 5.69 Å². The van der Waals surface area contributed by atoms with E-state index < -0.39 is 18.0 Å². The molecule has 0 saturated carbocycles. The molecule has 2 N–H and O–H groups in total. The van der Waals surface area contributed by atoms with Gasteiger partial charge in [0.1, 0.15) is 6.04 Å². The zero-order valence-corrected chi connectivity index (χ0v) is 11.9. The number of fused-ring (bicyclic) bond motifs is 1. The van der Waals surface area contributed by atoms with Crippen LogP contribution < -0.4 is 0 Å². The number of hydrogen-bond acceptors (Lipinski definition) is 4. The van der Waals surface area contributed by atoms with Crippen molar-refractivity contribution in [1.29, 1.82) is 5.26 Å². The monoisotopic (exact) mass is 291 g/mol. The Hall–Kier alpha value is -2.56. The van der Waals surface area contributed by atoms with Gasteiger partial charge in [-0.1, -0.05) is 0 Å². The Kier molecular flexibility index (Phi) is 4.12. The Bertz CT molecular complexity index is 591. The summed E-state index contributed by atoms with van der Waals surface area (Å²) in [5.74, 6) is -1.37. The van der Waals surface area contributed by atoms with Crippen LogP contribution in [0.2, 0.25) is 0 Å². The minimum atomic E-state index is -1.06. The van der Waals surface area contributed by atoms with Crippen molar-refractivity contribution in [2.75, 3.05) is 13.6 Å². The number of nitriles is 1. The number of nitrogens with zero attached hydrogens (tertiary/aromatic N) is 4. The molecule has 1 aromatic rings. The fourth-order valence-corrected chi connectivity index (χ4v) is 2.41. The summed E-state index contributed by atoms with van der Waals surface area (Å²) < 4.78 is 0. The van der Waals surface area contributed by atoms with Gasteiger partial charge in [-0.05, 0) is 6.92 Å². The summed E-state index contributed by atoms with van der Waals surface area (Å²) in [5.41, 5.74) is 1.43. The maximum Gasteiger partial charge on any atom is 0.326 e. The van der Waals surface area contributed by atoms with E-state index in [4.69, 9.17) is 5.26 Å². The van der Waals surface area contributed by atoms with Gasteiger partial charge in [0.2, 0.25) is 0 Å². The van der Waals surface area contributed by atoms with E-state index in [2.05, 4.69) is 16.0 Å². The van der Waals surface area contributed by atoms with Crippen molar-refractivity contribution in [3.05, 3.63) is 17.7 Å². The summed E-state index contributed by atoms with van der Waals surface area (Å²) >= 11 is 0. The second kappa shape index (κ2) is 5.83. The SMILES string of the molecule is CC(C#N)CN(C)C(=O)N1Cc2[nH]cnc2CC1C(=O)O. The van der Waals surface area contributed by atoms with Gasteiger partial charge in [-0.25, -0.2) is 14.6 Å². The molecule has 2 heterocycles. The zero-order chi connectivity index (χ0) is 15.6. The molecule has 2 rings (SSSR count). The number of aliphatic carboxylic acids is 1. The quantitative estimate of drug-likeness (QED) is 0.838. The highest BCUT2D eigenvalue weighted by Crippen LogP contribution is 2.22. The van der Waals surface area contributed by atoms with Gasteiger partial charge in [-0.15, -0.1) is 0 Å². The highest BCUT2D eigenvalue weighted by Gasteiger charge is 2.37. The first kappa shape index (κ1) is 14.8. The summed E-state index contributed by atoms with van der Waals surface area (Å²) in [6, 6.07) is 0.719. The molecule has 1 aliphatic rings. The summed E-state index contributed by atoms with van der Waals surface area (Å²) in [7, 11) is 1.57. The van der Waals surface area contributed by atoms with Crippen LogP contribution in [0, 0.1) is 17.2 Å². The normalized spacial score (nSPS) is 18.5. The van der Waals surface area contributed by atoms with Gasteiger partial charge in [0.05, 0.1) is 36.2 Å². The van der Waals surface area contributed by atoms with Crippen molar-refractivity contribution >= 4 is 12.0 Å². The Morgan fingerprint density at radius 2 is 2.43 bits per heavy atom. The Morgan fingerprint density at radius 1 is 1.71 bits per heavy atom. The summed E-state index contributed by atoms with van der Waals surface area (Å²) in [4.78, 5) is 33.5. The largest absolute Gasteiger partial charge is 0.480 e. The number of hydrogen-bond donors (Lipinski definition) is 2. The number of carbonyl (C=O) groups excluding carboxylic acids is 1. The molecule has 1 aromatic heterocycles. The van der Waals surface area contributed by atoms with Gasteiger partial charge in [0, 0.05) is 20.0 Å². The zero-order valence-electron chi connectivity index (χ0n) is 11.9. The predicted molar refractivity (Wildman–Crippen MR) is 72.1 cm³/mol. The first-order valence-corrected chi connectivity index (χ1v) is 6.59. The average Bonchev–Trinajstić information content (AvgIpc) is 2.91. The van der Waals surface area contributed by atoms with Crippen LogP contribution in [-0.4, -0.2) is 56.5 Å². The lowest BCUT2D eigenvalue weighted by Gasteiger charge is -2.35. The van der Waals surface area contributed by atoms with Crippen molar-refractivity contribution < 1.29 is 14.7 Å². The van der Waals surface area contributed by atoms with Gasteiger partial charge in [-0.2, -0.15) is 5.26 Å². The number of imidazole rings is 1. The third-order valence-corrected chi connectivity index (χ3v) is 3.52. The highest BCUT2D eigenvalue weighted by molar-refractivity contribution is 5.83. The molecule has 8 heteroatoms. The van der Waals surface area contributed by atoms with E-state index in [1.54, 1.807) is 14.0 Å². The van der Waals surface area contributed by atoms with Crippen LogP contribution in [0.1, 0.15) is 18.3 Å². The van der Waals surface area contributed by atoms with Crippen molar-refractivity contribution in [3.63, 3.8) is 0 Å². The third-order valence-electron chi connectivity index (χ3n) is 3.52. The average molecular weight is 291 g/mol. The van der Waals surface area contributed by atoms with Crippen LogP contribution in [0.15, 0.2) is 6.33 Å². The van der Waals surface area contributed by atoms with E-state index in [0.717, 1.165) is 5.69 Å². The van der Waals surface area contributed by atoms with Gasteiger partial charge in [-0.3, -0.25) is 0 Å². The molecular formula is C13H17N5O3. The lowest BCUT2D eigenvalue weighted by Crippen LogP contribution is -2.53. The van der Waals surface area contributed by atoms with Crippen LogP contribution in [0.25, 0.3) is 0 Å². The number of aromatic nitrogens is 2. The second-order valence-electron chi connectivity index (χ2n) is 5.21. The number of H-pyrrole nitrogens is 1. The van der Waals surface area contributed by atoms with E-state index in [9.17, 15) is 14.7 Å². The topological polar surface area (TPSA) is 113 Å². The van der Waals surface area contributed by atoms with Crippen molar-refractivity contribution in [3.8, 4) is 6.07 Å². The Labute approximate surface area is 122 Å². The molecule has 0 aliphatic carbocycles. The van der Waals surface area contributed by atoms with Crippen molar-refractivity contribution in [2.24, 2.45) is 5.92 Å². The number of rotatable bonds is 3. The molecule has 2 unspecified atom stereocenters. The molecule has 0 saturated heterocycles. The third kappa shape index (κ3) is 2.97. The van der Waals surface area contributed by atoms with Gasteiger partial charge < -0.3 is 19.9 Å². The maximum absolute atomic E-state index is 12.4. The number of amides is 2. The molecule has 0 bridgehead atoms. The molecule has 0 spiro atoms. The molecule has 1 aliphatic heterocycles. The van der Waals surface area contributed by atoms with E-state index in [-0.39, 0.29) is 25.4 Å². The number of carbonyl (C=O) groups is 2. The smallest absolute Gasteiger partial charge is 0.326 e. The maximum atomic E-state index is 12.4. The van der Waals surface area contributed by atoms with E-state index in [1.807, 2.05) is 0 Å². The standard InChI is InChI=1S/C13H17N5O3/c1-8(4-14)5-17(2)13(21)18-6-10-9(15-7-16-10)3-11(18)12(19)20/h7-8,11H,3,5-6H2,1-2H3,(H,15,16)(H,19,20). The molecule has 8 nitrogen and oxygen atoms in total. The molecule has 0 aromatic carbocycles. The van der Waals surface area contributed by atoms with Crippen molar-refractivity contribution in [2.45, 2.75) is 25.9 Å². The lowest BCUT2D eigenvalue weighted by atomic mass is 10.0. The molecule has 2 atom stereocenters. The van der Waals surface area contributed by atoms with Crippen molar-refractivity contribution in [1.82, 2.24) is 19.8 Å². The molecule has 0 radical (unpaired) electrons. The number of carboxylic acids is 1. The Balaban J connectivity index is 2.18. The number of aromatic amines is 1. The van der Waals surface area contributed by atoms with E-state index in [1.165, 1.54) is 16.1 Å².